The van der Waals surface area contributed by atoms with Gasteiger partial charge in [0.25, 0.3) is 0 Å². The fraction of sp³-hybridized carbons (Fsp3) is 0.417. The van der Waals surface area contributed by atoms with Gasteiger partial charge in [0.2, 0.25) is 0 Å². The number of hydroxylamine groups is 2. The number of hydrogen-bond acceptors (Lipinski definition) is 5. The number of benzene rings is 1. The number of nitrogens with zero attached hydrogens (tertiary/aromatic N) is 1. The molecule has 0 saturated carbocycles. The van der Waals surface area contributed by atoms with Crippen LogP contribution in [-0.4, -0.2) is 35.6 Å². The second-order valence-electron chi connectivity index (χ2n) is 3.98. The van der Waals surface area contributed by atoms with E-state index in [0.717, 1.165) is 5.56 Å². The summed E-state index contributed by atoms with van der Waals surface area (Å²) in [6, 6.07) is 8.34. The van der Waals surface area contributed by atoms with E-state index in [0.29, 0.717) is 6.54 Å². The van der Waals surface area contributed by atoms with Gasteiger partial charge in [-0.3, -0.25) is 0 Å². The second-order valence-corrected chi connectivity index (χ2v) is 6.35. The number of carbonyl (C=O) groups is 1. The van der Waals surface area contributed by atoms with E-state index >= 15 is 0 Å². The summed E-state index contributed by atoms with van der Waals surface area (Å²) in [7, 11) is 1.41. The van der Waals surface area contributed by atoms with Gasteiger partial charge in [-0.05, 0) is 5.56 Å². The van der Waals surface area contributed by atoms with Crippen molar-refractivity contribution < 1.29 is 23.6 Å². The van der Waals surface area contributed by atoms with Gasteiger partial charge in [-0.1, -0.05) is 37.3 Å². The lowest BCUT2D eigenvalue weighted by Gasteiger charge is -2.26. The number of rotatable bonds is 7. The third-order valence-corrected chi connectivity index (χ3v) is 3.25. The smallest absolute Gasteiger partial charge is 0.379 e. The molecule has 2 atom stereocenters. The fourth-order valence-electron chi connectivity index (χ4n) is 1.79. The fourth-order valence-corrected chi connectivity index (χ4v) is 2.34. The lowest BCUT2D eigenvalue weighted by molar-refractivity contribution is -0.180. The van der Waals surface area contributed by atoms with Crippen molar-refractivity contribution in [3.63, 3.8) is 0 Å². The van der Waals surface area contributed by atoms with Gasteiger partial charge in [0.1, 0.15) is 6.04 Å². The quantitative estimate of drug-likeness (QED) is 0.614. The van der Waals surface area contributed by atoms with Crippen molar-refractivity contribution in [1.82, 2.24) is 5.06 Å². The number of halogens is 1. The van der Waals surface area contributed by atoms with Gasteiger partial charge in [-0.25, -0.2) is 9.36 Å². The summed E-state index contributed by atoms with van der Waals surface area (Å²) in [5.41, 5.74) is 0.868. The summed E-state index contributed by atoms with van der Waals surface area (Å²) in [4.78, 5) is 26.0. The maximum atomic E-state index is 12.0. The Kier molecular flexibility index (Phi) is 6.65. The molecule has 20 heavy (non-hydrogen) atoms. The minimum Gasteiger partial charge on any atom is -0.379 e. The Morgan fingerprint density at radius 2 is 2.05 bits per heavy atom. The van der Waals surface area contributed by atoms with E-state index in [-0.39, 0.29) is 6.42 Å². The molecule has 0 spiro atoms. The van der Waals surface area contributed by atoms with Crippen LogP contribution in [-0.2, 0) is 25.1 Å². The van der Waals surface area contributed by atoms with E-state index in [2.05, 4.69) is 4.52 Å². The zero-order valence-electron chi connectivity index (χ0n) is 11.2. The van der Waals surface area contributed by atoms with Crippen molar-refractivity contribution in [3.05, 3.63) is 35.9 Å². The molecular formula is C12H17ClNO5P. The molecule has 0 amide bonds. The average molecular weight is 322 g/mol. The van der Waals surface area contributed by atoms with E-state index < -0.39 is 19.0 Å². The molecule has 112 valence electrons. The monoisotopic (exact) mass is 321 g/mol. The van der Waals surface area contributed by atoms with Crippen LogP contribution in [0.4, 0.5) is 0 Å². The zero-order chi connectivity index (χ0) is 15.2. The molecule has 0 bridgehead atoms. The number of carbonyl (C=O) groups excluding carboxylic acids is 1. The molecule has 0 aliphatic heterocycles. The number of likely N-dealkylation sites (N-methyl/N-ethyl adjacent to an activating group) is 1. The molecule has 8 heteroatoms. The molecule has 1 rings (SSSR count). The Labute approximate surface area is 122 Å². The summed E-state index contributed by atoms with van der Waals surface area (Å²) in [6.45, 7) is -2.21. The first-order valence-electron chi connectivity index (χ1n) is 5.98. The largest absolute Gasteiger partial charge is 0.476 e. The Bertz CT molecular complexity index is 474. The first-order chi connectivity index (χ1) is 9.37. The molecule has 0 aliphatic rings. The van der Waals surface area contributed by atoms with E-state index in [9.17, 15) is 9.36 Å². The number of hydrogen-bond donors (Lipinski definition) is 1. The summed E-state index contributed by atoms with van der Waals surface area (Å²) >= 11 is 5.07. The summed E-state index contributed by atoms with van der Waals surface area (Å²) in [6.07, 6.45) is 0.276. The lowest BCUT2D eigenvalue weighted by atomic mass is 10.1. The van der Waals surface area contributed by atoms with Gasteiger partial charge in [0.15, 0.2) is 0 Å². The van der Waals surface area contributed by atoms with Crippen molar-refractivity contribution in [3.8, 4) is 0 Å². The van der Waals surface area contributed by atoms with Crippen LogP contribution >= 0.6 is 18.2 Å². The Balaban J connectivity index is 2.90. The molecule has 1 aromatic rings. The molecule has 0 aliphatic carbocycles. The first-order valence-corrected chi connectivity index (χ1v) is 8.46. The molecule has 0 aromatic heterocycles. The Hall–Kier alpha value is -0.910. The minimum atomic E-state index is -4.40. The van der Waals surface area contributed by atoms with Crippen LogP contribution in [0.25, 0.3) is 0 Å². The van der Waals surface area contributed by atoms with Crippen molar-refractivity contribution >= 4 is 24.2 Å². The third kappa shape index (κ3) is 5.61. The van der Waals surface area contributed by atoms with Gasteiger partial charge < -0.3 is 14.3 Å². The first kappa shape index (κ1) is 17.1. The predicted octanol–water partition coefficient (Wildman–Crippen LogP) is 2.36. The van der Waals surface area contributed by atoms with Crippen molar-refractivity contribution in [2.45, 2.75) is 19.4 Å². The molecule has 1 unspecified atom stereocenters. The van der Waals surface area contributed by atoms with Crippen LogP contribution in [0.1, 0.15) is 12.5 Å². The van der Waals surface area contributed by atoms with Crippen LogP contribution in [0, 0.1) is 0 Å². The second kappa shape index (κ2) is 7.76. The minimum absolute atomic E-state index is 0.276. The molecule has 0 heterocycles. The van der Waals surface area contributed by atoms with Crippen LogP contribution in [0.15, 0.2) is 30.3 Å². The summed E-state index contributed by atoms with van der Waals surface area (Å²) in [5, 5.41) is 1.36. The van der Waals surface area contributed by atoms with Crippen LogP contribution < -0.4 is 0 Å². The van der Waals surface area contributed by atoms with Gasteiger partial charge in [-0.15, -0.1) is 0 Å². The zero-order valence-corrected chi connectivity index (χ0v) is 12.9. The highest BCUT2D eigenvalue weighted by molar-refractivity contribution is 7.80. The maximum absolute atomic E-state index is 12.0. The highest BCUT2D eigenvalue weighted by Gasteiger charge is 2.32. The lowest BCUT2D eigenvalue weighted by Crippen LogP contribution is -2.42. The maximum Gasteiger partial charge on any atom is 0.476 e. The molecule has 1 aromatic carbocycles. The van der Waals surface area contributed by atoms with E-state index in [1.807, 2.05) is 30.3 Å². The van der Waals surface area contributed by atoms with Crippen LogP contribution in [0.5, 0.6) is 0 Å². The summed E-state index contributed by atoms with van der Waals surface area (Å²) < 4.78 is 15.4. The van der Waals surface area contributed by atoms with E-state index in [4.69, 9.17) is 21.0 Å². The SMILES string of the molecule is CCN(OC)[C@@H](Cc1ccccc1)C(=O)OP(=O)(O)Cl. The Morgan fingerprint density at radius 3 is 2.50 bits per heavy atom. The Morgan fingerprint density at radius 1 is 1.45 bits per heavy atom. The van der Waals surface area contributed by atoms with Crippen LogP contribution in [0.3, 0.4) is 0 Å². The molecule has 0 saturated heterocycles. The average Bonchev–Trinajstić information content (AvgIpc) is 2.38. The molecule has 0 fully saturated rings. The summed E-state index contributed by atoms with van der Waals surface area (Å²) in [5.74, 6) is -0.904. The van der Waals surface area contributed by atoms with Gasteiger partial charge >= 0.3 is 12.9 Å². The van der Waals surface area contributed by atoms with Crippen LogP contribution in [0.2, 0.25) is 0 Å². The third-order valence-electron chi connectivity index (χ3n) is 2.64. The van der Waals surface area contributed by atoms with E-state index in [1.165, 1.54) is 12.2 Å². The normalized spacial score (nSPS) is 15.7. The van der Waals surface area contributed by atoms with Crippen molar-refractivity contribution in [1.29, 1.82) is 0 Å². The predicted molar refractivity (Wildman–Crippen MR) is 75.1 cm³/mol. The van der Waals surface area contributed by atoms with Gasteiger partial charge in [0, 0.05) is 24.2 Å². The molecular weight excluding hydrogens is 305 g/mol. The molecule has 0 radical (unpaired) electrons. The topological polar surface area (TPSA) is 76.1 Å². The van der Waals surface area contributed by atoms with Gasteiger partial charge in [-0.2, -0.15) is 5.06 Å². The molecule has 6 nitrogen and oxygen atoms in total. The van der Waals surface area contributed by atoms with E-state index in [1.54, 1.807) is 6.92 Å². The molecule has 1 N–H and O–H groups in total. The highest BCUT2D eigenvalue weighted by atomic mass is 35.7. The van der Waals surface area contributed by atoms with Crippen molar-refractivity contribution in [2.75, 3.05) is 13.7 Å². The van der Waals surface area contributed by atoms with Gasteiger partial charge in [0.05, 0.1) is 7.11 Å². The standard InChI is InChI=1S/C12H17ClNO5P/c1-3-14(18-2)11(12(15)19-20(13,16)17)9-10-7-5-4-6-8-10/h4-8,11H,3,9H2,1-2H3,(H,16,17)/t11-/m0/s1. The highest BCUT2D eigenvalue weighted by Crippen LogP contribution is 2.48. The van der Waals surface area contributed by atoms with Crippen molar-refractivity contribution in [2.24, 2.45) is 0 Å².